The van der Waals surface area contributed by atoms with Crippen molar-refractivity contribution in [2.24, 2.45) is 0 Å². The Kier molecular flexibility index (Phi) is 5.04. The van der Waals surface area contributed by atoms with Gasteiger partial charge in [0, 0.05) is 11.4 Å². The highest BCUT2D eigenvalue weighted by Crippen LogP contribution is 2.27. The zero-order valence-corrected chi connectivity index (χ0v) is 16.0. The summed E-state index contributed by atoms with van der Waals surface area (Å²) in [6.07, 6.45) is 0. The van der Waals surface area contributed by atoms with Gasteiger partial charge in [0.2, 0.25) is 0 Å². The van der Waals surface area contributed by atoms with Crippen LogP contribution in [0.3, 0.4) is 0 Å². The lowest BCUT2D eigenvalue weighted by atomic mass is 10.0. The molecule has 2 aromatic rings. The van der Waals surface area contributed by atoms with Crippen molar-refractivity contribution < 1.29 is 14.7 Å². The topological polar surface area (TPSA) is 69.6 Å². The van der Waals surface area contributed by atoms with Gasteiger partial charge in [-0.3, -0.25) is 9.59 Å². The fourth-order valence-electron chi connectivity index (χ4n) is 3.06. The maximum absolute atomic E-state index is 12.8. The number of rotatable bonds is 4. The molecule has 1 aliphatic rings. The molecule has 5 nitrogen and oxygen atoms in total. The van der Waals surface area contributed by atoms with Crippen LogP contribution in [0.5, 0.6) is 0 Å². The van der Waals surface area contributed by atoms with Crippen molar-refractivity contribution in [2.45, 2.75) is 33.6 Å². The summed E-state index contributed by atoms with van der Waals surface area (Å²) < 4.78 is 0. The molecule has 1 heterocycles. The summed E-state index contributed by atoms with van der Waals surface area (Å²) in [5, 5.41) is 13.0. The first-order valence-corrected chi connectivity index (χ1v) is 9.00. The molecule has 0 aliphatic carbocycles. The Balaban J connectivity index is 1.81. The maximum Gasteiger partial charge on any atom is 0.267 e. The smallest absolute Gasteiger partial charge is 0.267 e. The van der Waals surface area contributed by atoms with Crippen molar-refractivity contribution in [3.63, 3.8) is 0 Å². The monoisotopic (exact) mass is 364 g/mol. The molecule has 0 saturated heterocycles. The van der Waals surface area contributed by atoms with E-state index in [-0.39, 0.29) is 17.9 Å². The molecule has 2 aromatic carbocycles. The Labute approximate surface area is 159 Å². The van der Waals surface area contributed by atoms with E-state index >= 15 is 0 Å². The Morgan fingerprint density at radius 2 is 1.85 bits per heavy atom. The Hall–Kier alpha value is -3.08. The van der Waals surface area contributed by atoms with Crippen LogP contribution < -0.4 is 10.2 Å². The molecule has 5 heteroatoms. The average molecular weight is 364 g/mol. The summed E-state index contributed by atoms with van der Waals surface area (Å²) in [7, 11) is 0. The van der Waals surface area contributed by atoms with E-state index in [0.717, 1.165) is 16.7 Å². The lowest BCUT2D eigenvalue weighted by Crippen LogP contribution is -2.30. The van der Waals surface area contributed by atoms with Crippen LogP contribution in [0.1, 0.15) is 36.5 Å². The van der Waals surface area contributed by atoms with E-state index in [0.29, 0.717) is 17.3 Å². The Morgan fingerprint density at radius 3 is 2.52 bits per heavy atom. The number of hydrogen-bond acceptors (Lipinski definition) is 3. The number of amides is 2. The van der Waals surface area contributed by atoms with Crippen molar-refractivity contribution in [3.05, 3.63) is 70.5 Å². The molecular formula is C22H24N2O3. The number of nitrogens with one attached hydrogen (secondary N) is 1. The van der Waals surface area contributed by atoms with E-state index in [4.69, 9.17) is 0 Å². The molecule has 1 aliphatic heterocycles. The Bertz CT molecular complexity index is 944. The molecule has 3 rings (SSSR count). The molecule has 0 radical (unpaired) electrons. The quantitative estimate of drug-likeness (QED) is 0.798. The first-order valence-electron chi connectivity index (χ1n) is 9.00. The highest BCUT2D eigenvalue weighted by molar-refractivity contribution is 6.29. The summed E-state index contributed by atoms with van der Waals surface area (Å²) in [5.74, 6) is -0.975. The van der Waals surface area contributed by atoms with Crippen LogP contribution in [-0.4, -0.2) is 23.5 Å². The molecule has 0 bridgehead atoms. The van der Waals surface area contributed by atoms with Crippen LogP contribution in [0, 0.1) is 13.8 Å². The van der Waals surface area contributed by atoms with Gasteiger partial charge in [0.1, 0.15) is 11.3 Å². The van der Waals surface area contributed by atoms with Crippen LogP contribution >= 0.6 is 0 Å². The van der Waals surface area contributed by atoms with Gasteiger partial charge in [0.25, 0.3) is 11.8 Å². The summed E-state index contributed by atoms with van der Waals surface area (Å²) in [5.41, 5.74) is 4.31. The molecule has 0 spiro atoms. The van der Waals surface area contributed by atoms with Crippen LogP contribution in [0.4, 0.5) is 11.4 Å². The van der Waals surface area contributed by atoms with E-state index in [2.05, 4.69) is 19.2 Å². The number of hydrogen-bond donors (Lipinski definition) is 2. The number of carbonyl (C=O) groups excluding carboxylic acids is 2. The molecule has 0 atom stereocenters. The van der Waals surface area contributed by atoms with Gasteiger partial charge in [0.05, 0.1) is 6.54 Å². The van der Waals surface area contributed by atoms with Crippen LogP contribution in [0.25, 0.3) is 0 Å². The molecule has 0 saturated carbocycles. The minimum absolute atomic E-state index is 0.00385. The number of anilines is 2. The van der Waals surface area contributed by atoms with Crippen molar-refractivity contribution in [2.75, 3.05) is 16.8 Å². The van der Waals surface area contributed by atoms with E-state index in [9.17, 15) is 14.7 Å². The molecule has 2 N–H and O–H groups in total. The van der Waals surface area contributed by atoms with Gasteiger partial charge >= 0.3 is 0 Å². The normalized spacial score (nSPS) is 14.3. The van der Waals surface area contributed by atoms with Crippen molar-refractivity contribution in [3.8, 4) is 0 Å². The first-order chi connectivity index (χ1) is 12.8. The summed E-state index contributed by atoms with van der Waals surface area (Å²) in [6.45, 7) is 8.08. The second kappa shape index (κ2) is 7.27. The van der Waals surface area contributed by atoms with Crippen LogP contribution in [0.2, 0.25) is 0 Å². The van der Waals surface area contributed by atoms with E-state index in [1.54, 1.807) is 6.07 Å². The van der Waals surface area contributed by atoms with Crippen molar-refractivity contribution in [1.82, 2.24) is 0 Å². The third kappa shape index (κ3) is 3.72. The molecule has 2 amide bonds. The zero-order chi connectivity index (χ0) is 19.7. The molecular weight excluding hydrogens is 340 g/mol. The summed E-state index contributed by atoms with van der Waals surface area (Å²) >= 11 is 0. The number of benzene rings is 2. The van der Waals surface area contributed by atoms with Crippen molar-refractivity contribution in [1.29, 1.82) is 0 Å². The third-order valence-corrected chi connectivity index (χ3v) is 4.90. The zero-order valence-electron chi connectivity index (χ0n) is 16.0. The lowest BCUT2D eigenvalue weighted by molar-refractivity contribution is -0.119. The van der Waals surface area contributed by atoms with Crippen LogP contribution in [-0.2, 0) is 9.59 Å². The highest BCUT2D eigenvalue weighted by Gasteiger charge is 2.36. The SMILES string of the molecule is Cc1ccc(N2CC(O)=C(C(=O)Nc3cccc(C(C)C)c3)C2=O)cc1C. The van der Waals surface area contributed by atoms with Gasteiger partial charge in [-0.25, -0.2) is 0 Å². The van der Waals surface area contributed by atoms with Crippen LogP contribution in [0.15, 0.2) is 53.8 Å². The molecule has 27 heavy (non-hydrogen) atoms. The van der Waals surface area contributed by atoms with Gasteiger partial charge in [-0.15, -0.1) is 0 Å². The fraction of sp³-hybridized carbons (Fsp3) is 0.273. The first kappa shape index (κ1) is 18.7. The second-order valence-electron chi connectivity index (χ2n) is 7.22. The van der Waals surface area contributed by atoms with E-state index in [1.807, 2.05) is 50.2 Å². The number of aliphatic hydroxyl groups excluding tert-OH is 1. The Morgan fingerprint density at radius 1 is 1.11 bits per heavy atom. The largest absolute Gasteiger partial charge is 0.509 e. The minimum atomic E-state index is -0.593. The van der Waals surface area contributed by atoms with E-state index < -0.39 is 11.8 Å². The van der Waals surface area contributed by atoms with Gasteiger partial charge in [-0.1, -0.05) is 32.0 Å². The number of carbonyl (C=O) groups is 2. The fourth-order valence-corrected chi connectivity index (χ4v) is 3.06. The third-order valence-electron chi connectivity index (χ3n) is 4.90. The van der Waals surface area contributed by atoms with Gasteiger partial charge in [-0.05, 0) is 60.7 Å². The van der Waals surface area contributed by atoms with Gasteiger partial charge < -0.3 is 15.3 Å². The number of aliphatic hydroxyl groups is 1. The maximum atomic E-state index is 12.8. The van der Waals surface area contributed by atoms with Crippen molar-refractivity contribution >= 4 is 23.2 Å². The van der Waals surface area contributed by atoms with Gasteiger partial charge in [0.15, 0.2) is 0 Å². The molecule has 140 valence electrons. The molecule has 0 fully saturated rings. The minimum Gasteiger partial charge on any atom is -0.509 e. The summed E-state index contributed by atoms with van der Waals surface area (Å²) in [6, 6.07) is 13.1. The molecule has 0 aromatic heterocycles. The predicted molar refractivity (Wildman–Crippen MR) is 107 cm³/mol. The predicted octanol–water partition coefficient (Wildman–Crippen LogP) is 4.22. The standard InChI is InChI=1S/C22H24N2O3/c1-13(2)16-6-5-7-17(11-16)23-21(26)20-19(25)12-24(22(20)27)18-9-8-14(3)15(4)10-18/h5-11,13,25H,12H2,1-4H3,(H,23,26). The average Bonchev–Trinajstić information content (AvgIpc) is 2.92. The van der Waals surface area contributed by atoms with Gasteiger partial charge in [-0.2, -0.15) is 0 Å². The second-order valence-corrected chi connectivity index (χ2v) is 7.22. The molecule has 0 unspecified atom stereocenters. The summed E-state index contributed by atoms with van der Waals surface area (Å²) in [4.78, 5) is 26.8. The highest BCUT2D eigenvalue weighted by atomic mass is 16.3. The number of nitrogens with zero attached hydrogens (tertiary/aromatic N) is 1. The number of aryl methyl sites for hydroxylation is 2. The van der Waals surface area contributed by atoms with E-state index in [1.165, 1.54) is 4.90 Å². The lowest BCUT2D eigenvalue weighted by Gasteiger charge is -2.17.